The predicted octanol–water partition coefficient (Wildman–Crippen LogP) is 1.30. The van der Waals surface area contributed by atoms with Crippen LogP contribution in [0.15, 0.2) is 18.2 Å². The third-order valence-electron chi connectivity index (χ3n) is 4.31. The molecule has 1 unspecified atom stereocenters. The number of anilines is 1. The fraction of sp³-hybridized carbons (Fsp3) is 0.533. The van der Waals surface area contributed by atoms with Gasteiger partial charge in [-0.25, -0.2) is 0 Å². The molecule has 1 atom stereocenters. The number of benzene rings is 1. The number of carbonyl (C=O) groups excluding carboxylic acids is 1. The van der Waals surface area contributed by atoms with Crippen LogP contribution in [0.4, 0.5) is 5.69 Å². The summed E-state index contributed by atoms with van der Waals surface area (Å²) in [6, 6.07) is 6.55. The quantitative estimate of drug-likeness (QED) is 0.747. The number of nitrogen functional groups attached to an aromatic ring is 1. The molecule has 3 N–H and O–H groups in total. The van der Waals surface area contributed by atoms with Crippen LogP contribution in [0, 0.1) is 0 Å². The fourth-order valence-corrected chi connectivity index (χ4v) is 3.24. The van der Waals surface area contributed by atoms with Crippen molar-refractivity contribution in [2.75, 3.05) is 18.8 Å². The van der Waals surface area contributed by atoms with Crippen LogP contribution in [-0.2, 0) is 17.8 Å². The molecule has 0 aromatic heterocycles. The average Bonchev–Trinajstić information content (AvgIpc) is 2.63. The summed E-state index contributed by atoms with van der Waals surface area (Å²) in [4.78, 5) is 14.1. The largest absolute Gasteiger partial charge is 0.398 e. The van der Waals surface area contributed by atoms with Crippen LogP contribution in [-0.4, -0.2) is 29.9 Å². The Balaban J connectivity index is 1.76. The van der Waals surface area contributed by atoms with Crippen molar-refractivity contribution in [1.82, 2.24) is 10.2 Å². The van der Waals surface area contributed by atoms with Crippen molar-refractivity contribution in [3.63, 3.8) is 0 Å². The lowest BCUT2D eigenvalue weighted by Gasteiger charge is -2.35. The highest BCUT2D eigenvalue weighted by Gasteiger charge is 2.27. The van der Waals surface area contributed by atoms with Crippen LogP contribution in [0.3, 0.4) is 0 Å². The number of nitrogens with zero attached hydrogens (tertiary/aromatic N) is 1. The Bertz CT molecular complexity index is 486. The lowest BCUT2D eigenvalue weighted by molar-refractivity contribution is -0.121. The third-order valence-corrected chi connectivity index (χ3v) is 4.31. The Morgan fingerprint density at radius 3 is 3.16 bits per heavy atom. The number of nitrogens with two attached hydrogens (primary N) is 1. The normalized spacial score (nSPS) is 24.4. The van der Waals surface area contributed by atoms with Gasteiger partial charge < -0.3 is 11.1 Å². The monoisotopic (exact) mass is 259 g/mol. The molecule has 1 aromatic rings. The molecule has 2 heterocycles. The molecule has 102 valence electrons. The molecule has 4 nitrogen and oxygen atoms in total. The number of fused-ring (bicyclic) bond motifs is 1. The van der Waals surface area contributed by atoms with Gasteiger partial charge in [0.15, 0.2) is 0 Å². The minimum atomic E-state index is 0.195. The molecule has 0 radical (unpaired) electrons. The summed E-state index contributed by atoms with van der Waals surface area (Å²) < 4.78 is 0. The average molecular weight is 259 g/mol. The Morgan fingerprint density at radius 1 is 1.37 bits per heavy atom. The molecule has 0 aliphatic carbocycles. The first-order valence-corrected chi connectivity index (χ1v) is 7.11. The molecule has 3 rings (SSSR count). The maximum atomic E-state index is 11.7. The SMILES string of the molecule is Nc1cccc2c1CCN(C1CCCNC(=O)C1)C2. The molecule has 0 bridgehead atoms. The molecule has 19 heavy (non-hydrogen) atoms. The summed E-state index contributed by atoms with van der Waals surface area (Å²) in [5, 5.41) is 2.96. The number of nitrogens with one attached hydrogen (secondary N) is 1. The highest BCUT2D eigenvalue weighted by Crippen LogP contribution is 2.27. The van der Waals surface area contributed by atoms with E-state index in [4.69, 9.17) is 5.73 Å². The van der Waals surface area contributed by atoms with Crippen LogP contribution >= 0.6 is 0 Å². The van der Waals surface area contributed by atoms with E-state index in [-0.39, 0.29) is 5.91 Å². The molecule has 0 spiro atoms. The summed E-state index contributed by atoms with van der Waals surface area (Å²) in [6.07, 6.45) is 3.82. The molecule has 1 amide bonds. The summed E-state index contributed by atoms with van der Waals surface area (Å²) >= 11 is 0. The van der Waals surface area contributed by atoms with Gasteiger partial charge >= 0.3 is 0 Å². The van der Waals surface area contributed by atoms with E-state index in [2.05, 4.69) is 16.3 Å². The van der Waals surface area contributed by atoms with Crippen molar-refractivity contribution in [3.8, 4) is 0 Å². The van der Waals surface area contributed by atoms with E-state index in [0.717, 1.165) is 44.6 Å². The number of hydrogen-bond donors (Lipinski definition) is 2. The van der Waals surface area contributed by atoms with Crippen LogP contribution in [0.25, 0.3) is 0 Å². The molecule has 1 aromatic carbocycles. The zero-order chi connectivity index (χ0) is 13.2. The van der Waals surface area contributed by atoms with E-state index in [1.165, 1.54) is 11.1 Å². The molecule has 0 saturated carbocycles. The van der Waals surface area contributed by atoms with Crippen molar-refractivity contribution in [2.45, 2.75) is 38.3 Å². The van der Waals surface area contributed by atoms with Crippen LogP contribution < -0.4 is 11.1 Å². The molecule has 2 aliphatic rings. The highest BCUT2D eigenvalue weighted by molar-refractivity contribution is 5.76. The first-order valence-electron chi connectivity index (χ1n) is 7.11. The first kappa shape index (κ1) is 12.5. The lowest BCUT2D eigenvalue weighted by Crippen LogP contribution is -2.40. The van der Waals surface area contributed by atoms with E-state index in [0.29, 0.717) is 12.5 Å². The maximum Gasteiger partial charge on any atom is 0.221 e. The van der Waals surface area contributed by atoms with Gasteiger partial charge in [-0.15, -0.1) is 0 Å². The van der Waals surface area contributed by atoms with Gasteiger partial charge in [-0.05, 0) is 36.5 Å². The third kappa shape index (κ3) is 2.59. The van der Waals surface area contributed by atoms with E-state index in [9.17, 15) is 4.79 Å². The second-order valence-electron chi connectivity index (χ2n) is 5.56. The van der Waals surface area contributed by atoms with Crippen LogP contribution in [0.5, 0.6) is 0 Å². The number of amides is 1. The van der Waals surface area contributed by atoms with E-state index in [1.807, 2.05) is 12.1 Å². The Kier molecular flexibility index (Phi) is 3.42. The topological polar surface area (TPSA) is 58.4 Å². The molecular formula is C15H21N3O. The summed E-state index contributed by atoms with van der Waals surface area (Å²) in [7, 11) is 0. The van der Waals surface area contributed by atoms with Gasteiger partial charge in [0.25, 0.3) is 0 Å². The first-order chi connectivity index (χ1) is 9.24. The molecular weight excluding hydrogens is 238 g/mol. The lowest BCUT2D eigenvalue weighted by atomic mass is 9.95. The van der Waals surface area contributed by atoms with Gasteiger partial charge in [0, 0.05) is 37.8 Å². The zero-order valence-electron chi connectivity index (χ0n) is 11.2. The summed E-state index contributed by atoms with van der Waals surface area (Å²) in [5.74, 6) is 0.195. The van der Waals surface area contributed by atoms with Gasteiger partial charge in [0.05, 0.1) is 0 Å². The predicted molar refractivity (Wildman–Crippen MR) is 75.6 cm³/mol. The second kappa shape index (κ2) is 5.21. The van der Waals surface area contributed by atoms with E-state index < -0.39 is 0 Å². The van der Waals surface area contributed by atoms with Crippen molar-refractivity contribution >= 4 is 11.6 Å². The Morgan fingerprint density at radius 2 is 2.26 bits per heavy atom. The highest BCUT2D eigenvalue weighted by atomic mass is 16.1. The Labute approximate surface area is 114 Å². The minimum Gasteiger partial charge on any atom is -0.398 e. The maximum absolute atomic E-state index is 11.7. The summed E-state index contributed by atoms with van der Waals surface area (Å²) in [5.41, 5.74) is 9.57. The fourth-order valence-electron chi connectivity index (χ4n) is 3.24. The van der Waals surface area contributed by atoms with Gasteiger partial charge in [-0.2, -0.15) is 0 Å². The second-order valence-corrected chi connectivity index (χ2v) is 5.56. The van der Waals surface area contributed by atoms with Gasteiger partial charge in [-0.3, -0.25) is 9.69 Å². The standard InChI is InChI=1S/C15H21N3O/c16-14-5-1-3-11-10-18(8-6-13(11)14)12-4-2-7-17-15(19)9-12/h1,3,5,12H,2,4,6-10,16H2,(H,17,19). The van der Waals surface area contributed by atoms with Gasteiger partial charge in [0.2, 0.25) is 5.91 Å². The van der Waals surface area contributed by atoms with Crippen molar-refractivity contribution < 1.29 is 4.79 Å². The number of rotatable bonds is 1. The minimum absolute atomic E-state index is 0.195. The molecule has 1 fully saturated rings. The number of carbonyl (C=O) groups is 1. The van der Waals surface area contributed by atoms with E-state index >= 15 is 0 Å². The van der Waals surface area contributed by atoms with Crippen LogP contribution in [0.1, 0.15) is 30.4 Å². The van der Waals surface area contributed by atoms with Crippen molar-refractivity contribution in [2.24, 2.45) is 0 Å². The van der Waals surface area contributed by atoms with Crippen LogP contribution in [0.2, 0.25) is 0 Å². The van der Waals surface area contributed by atoms with Gasteiger partial charge in [-0.1, -0.05) is 12.1 Å². The smallest absolute Gasteiger partial charge is 0.221 e. The summed E-state index contributed by atoms with van der Waals surface area (Å²) in [6.45, 7) is 2.77. The van der Waals surface area contributed by atoms with Crippen molar-refractivity contribution in [3.05, 3.63) is 29.3 Å². The number of hydrogen-bond acceptors (Lipinski definition) is 3. The molecule has 4 heteroatoms. The Hall–Kier alpha value is -1.55. The van der Waals surface area contributed by atoms with Crippen molar-refractivity contribution in [1.29, 1.82) is 0 Å². The molecule has 2 aliphatic heterocycles. The van der Waals surface area contributed by atoms with E-state index in [1.54, 1.807) is 0 Å². The molecule has 1 saturated heterocycles. The zero-order valence-corrected chi connectivity index (χ0v) is 11.2. The van der Waals surface area contributed by atoms with Gasteiger partial charge in [0.1, 0.15) is 0 Å².